The van der Waals surface area contributed by atoms with Crippen LogP contribution in [0.25, 0.3) is 5.69 Å². The molecule has 0 bridgehead atoms. The molecule has 1 saturated carbocycles. The number of rotatable bonds is 6. The minimum atomic E-state index is -0.719. The van der Waals surface area contributed by atoms with E-state index in [4.69, 9.17) is 4.74 Å². The van der Waals surface area contributed by atoms with Crippen molar-refractivity contribution in [3.63, 3.8) is 0 Å². The van der Waals surface area contributed by atoms with Crippen molar-refractivity contribution in [1.29, 1.82) is 5.26 Å². The monoisotopic (exact) mass is 372 g/mol. The first-order chi connectivity index (χ1) is 12.6. The van der Waals surface area contributed by atoms with Crippen LogP contribution >= 0.6 is 11.8 Å². The highest BCUT2D eigenvalue weighted by Crippen LogP contribution is 2.30. The van der Waals surface area contributed by atoms with E-state index in [-0.39, 0.29) is 11.7 Å². The van der Waals surface area contributed by atoms with Crippen LogP contribution < -0.4 is 10.1 Å². The summed E-state index contributed by atoms with van der Waals surface area (Å²) in [5.41, 5.74) is 1.04. The Labute approximate surface area is 155 Å². The number of carbonyl (C=O) groups is 1. The van der Waals surface area contributed by atoms with Gasteiger partial charge in [0.05, 0.1) is 18.9 Å². The number of tetrazole rings is 1. The van der Waals surface area contributed by atoms with E-state index in [1.54, 1.807) is 11.8 Å². The second kappa shape index (κ2) is 7.74. The SMILES string of the molecule is COc1ccc(C)cc1-n1nnnc1SCC(=O)NC1(C#N)CCCC1. The zero-order valence-corrected chi connectivity index (χ0v) is 15.5. The summed E-state index contributed by atoms with van der Waals surface area (Å²) < 4.78 is 6.94. The average Bonchev–Trinajstić information content (AvgIpc) is 3.29. The molecule has 1 N–H and O–H groups in total. The number of amides is 1. The van der Waals surface area contributed by atoms with Crippen molar-refractivity contribution >= 4 is 17.7 Å². The molecule has 1 aliphatic rings. The molecule has 8 nitrogen and oxygen atoms in total. The number of aryl methyl sites for hydroxylation is 1. The van der Waals surface area contributed by atoms with Crippen LogP contribution in [-0.4, -0.2) is 44.5 Å². The maximum atomic E-state index is 12.3. The van der Waals surface area contributed by atoms with E-state index in [0.29, 0.717) is 29.4 Å². The van der Waals surface area contributed by atoms with Gasteiger partial charge >= 0.3 is 0 Å². The number of nitrogens with zero attached hydrogens (tertiary/aromatic N) is 5. The van der Waals surface area contributed by atoms with Gasteiger partial charge in [-0.05, 0) is 60.7 Å². The molecule has 1 amide bonds. The maximum Gasteiger partial charge on any atom is 0.231 e. The van der Waals surface area contributed by atoms with E-state index < -0.39 is 5.54 Å². The van der Waals surface area contributed by atoms with Gasteiger partial charge in [0.1, 0.15) is 17.0 Å². The van der Waals surface area contributed by atoms with Gasteiger partial charge in [0.25, 0.3) is 0 Å². The van der Waals surface area contributed by atoms with Crippen LogP contribution in [0.2, 0.25) is 0 Å². The second-order valence-electron chi connectivity index (χ2n) is 6.29. The molecule has 1 fully saturated rings. The van der Waals surface area contributed by atoms with E-state index in [2.05, 4.69) is 26.9 Å². The van der Waals surface area contributed by atoms with Gasteiger partial charge in [-0.2, -0.15) is 9.94 Å². The minimum absolute atomic E-state index is 0.137. The van der Waals surface area contributed by atoms with Crippen molar-refractivity contribution in [2.75, 3.05) is 12.9 Å². The quantitative estimate of drug-likeness (QED) is 0.773. The molecule has 1 heterocycles. The summed E-state index contributed by atoms with van der Waals surface area (Å²) in [4.78, 5) is 12.3. The van der Waals surface area contributed by atoms with Crippen LogP contribution in [-0.2, 0) is 4.79 Å². The first-order valence-corrected chi connectivity index (χ1v) is 9.34. The third kappa shape index (κ3) is 3.80. The highest BCUT2D eigenvalue weighted by Gasteiger charge is 2.35. The van der Waals surface area contributed by atoms with Crippen molar-refractivity contribution in [3.8, 4) is 17.5 Å². The standard InChI is InChI=1S/C17H20N6O2S/c1-12-5-6-14(25-2)13(9-12)23-16(20-21-22-23)26-10-15(24)19-17(11-18)7-3-4-8-17/h5-6,9H,3-4,7-8,10H2,1-2H3,(H,19,24). The lowest BCUT2D eigenvalue weighted by Crippen LogP contribution is -2.45. The molecule has 9 heteroatoms. The molecule has 2 aromatic rings. The Morgan fingerprint density at radius 1 is 1.46 bits per heavy atom. The summed E-state index contributed by atoms with van der Waals surface area (Å²) in [6.07, 6.45) is 3.34. The predicted molar refractivity (Wildman–Crippen MR) is 96.1 cm³/mol. The van der Waals surface area contributed by atoms with Crippen molar-refractivity contribution in [3.05, 3.63) is 23.8 Å². The number of nitriles is 1. The number of benzene rings is 1. The molecule has 136 valence electrons. The fourth-order valence-electron chi connectivity index (χ4n) is 3.06. The first kappa shape index (κ1) is 18.2. The molecule has 1 aromatic heterocycles. The van der Waals surface area contributed by atoms with Crippen LogP contribution in [0.4, 0.5) is 0 Å². The zero-order chi connectivity index (χ0) is 18.6. The summed E-state index contributed by atoms with van der Waals surface area (Å²) in [7, 11) is 1.59. The van der Waals surface area contributed by atoms with Crippen molar-refractivity contribution in [2.45, 2.75) is 43.3 Å². The molecular weight excluding hydrogens is 352 g/mol. The van der Waals surface area contributed by atoms with Gasteiger partial charge in [-0.3, -0.25) is 4.79 Å². The van der Waals surface area contributed by atoms with E-state index in [1.165, 1.54) is 11.8 Å². The van der Waals surface area contributed by atoms with Gasteiger partial charge in [0, 0.05) is 0 Å². The molecule has 0 radical (unpaired) electrons. The zero-order valence-electron chi connectivity index (χ0n) is 14.7. The van der Waals surface area contributed by atoms with E-state index in [1.807, 2.05) is 25.1 Å². The fraction of sp³-hybridized carbons (Fsp3) is 0.471. The molecule has 1 aromatic carbocycles. The van der Waals surface area contributed by atoms with Gasteiger partial charge in [0.15, 0.2) is 0 Å². The summed E-state index contributed by atoms with van der Waals surface area (Å²) in [6.45, 7) is 1.97. The Hall–Kier alpha value is -2.60. The third-order valence-electron chi connectivity index (χ3n) is 4.39. The van der Waals surface area contributed by atoms with Crippen molar-refractivity contribution < 1.29 is 9.53 Å². The Bertz CT molecular complexity index is 838. The molecule has 0 aliphatic heterocycles. The largest absolute Gasteiger partial charge is 0.494 e. The molecule has 0 saturated heterocycles. The van der Waals surface area contributed by atoms with E-state index >= 15 is 0 Å². The Morgan fingerprint density at radius 3 is 2.92 bits per heavy atom. The summed E-state index contributed by atoms with van der Waals surface area (Å²) in [5, 5.41) is 24.5. The second-order valence-corrected chi connectivity index (χ2v) is 7.23. The molecule has 0 unspecified atom stereocenters. The van der Waals surface area contributed by atoms with E-state index in [9.17, 15) is 10.1 Å². The average molecular weight is 372 g/mol. The molecule has 0 atom stereocenters. The maximum absolute atomic E-state index is 12.3. The van der Waals surface area contributed by atoms with Crippen molar-refractivity contribution in [2.24, 2.45) is 0 Å². The number of ether oxygens (including phenoxy) is 1. The number of hydrogen-bond donors (Lipinski definition) is 1. The van der Waals surface area contributed by atoms with Gasteiger partial charge in [0.2, 0.25) is 11.1 Å². The van der Waals surface area contributed by atoms with Crippen LogP contribution in [0.3, 0.4) is 0 Å². The number of nitrogens with one attached hydrogen (secondary N) is 1. The van der Waals surface area contributed by atoms with Gasteiger partial charge in [-0.15, -0.1) is 5.10 Å². The number of methoxy groups -OCH3 is 1. The predicted octanol–water partition coefficient (Wildman–Crippen LogP) is 2.02. The topological polar surface area (TPSA) is 106 Å². The highest BCUT2D eigenvalue weighted by atomic mass is 32.2. The number of carbonyl (C=O) groups excluding carboxylic acids is 1. The van der Waals surface area contributed by atoms with Crippen LogP contribution in [0.1, 0.15) is 31.2 Å². The Morgan fingerprint density at radius 2 is 2.23 bits per heavy atom. The molecule has 1 aliphatic carbocycles. The highest BCUT2D eigenvalue weighted by molar-refractivity contribution is 7.99. The summed E-state index contributed by atoms with van der Waals surface area (Å²) in [6, 6.07) is 7.97. The normalized spacial score (nSPS) is 15.4. The minimum Gasteiger partial charge on any atom is -0.494 e. The van der Waals surface area contributed by atoms with Crippen molar-refractivity contribution in [1.82, 2.24) is 25.5 Å². The lowest BCUT2D eigenvalue weighted by Gasteiger charge is -2.21. The lowest BCUT2D eigenvalue weighted by atomic mass is 10.0. The molecule has 26 heavy (non-hydrogen) atoms. The van der Waals surface area contributed by atoms with Crippen LogP contribution in [0.5, 0.6) is 5.75 Å². The fourth-order valence-corrected chi connectivity index (χ4v) is 3.75. The van der Waals surface area contributed by atoms with Gasteiger partial charge in [-0.25, -0.2) is 0 Å². The molecular formula is C17H20N6O2S. The van der Waals surface area contributed by atoms with Crippen LogP contribution in [0.15, 0.2) is 23.4 Å². The van der Waals surface area contributed by atoms with Gasteiger partial charge < -0.3 is 10.1 Å². The molecule has 3 rings (SSSR count). The Balaban J connectivity index is 1.71. The number of hydrogen-bond acceptors (Lipinski definition) is 7. The first-order valence-electron chi connectivity index (χ1n) is 8.35. The number of thioether (sulfide) groups is 1. The summed E-state index contributed by atoms with van der Waals surface area (Å²) in [5.74, 6) is 0.589. The summed E-state index contributed by atoms with van der Waals surface area (Å²) >= 11 is 1.22. The molecule has 0 spiro atoms. The third-order valence-corrected chi connectivity index (χ3v) is 5.30. The smallest absolute Gasteiger partial charge is 0.231 e. The van der Waals surface area contributed by atoms with Gasteiger partial charge in [-0.1, -0.05) is 17.8 Å². The Kier molecular flexibility index (Phi) is 5.42. The van der Waals surface area contributed by atoms with Crippen LogP contribution in [0, 0.1) is 18.3 Å². The lowest BCUT2D eigenvalue weighted by molar-refractivity contribution is -0.119. The number of aromatic nitrogens is 4. The van der Waals surface area contributed by atoms with E-state index in [0.717, 1.165) is 18.4 Å².